The lowest BCUT2D eigenvalue weighted by molar-refractivity contribution is -0.118. The number of nitrogens with one attached hydrogen (secondary N) is 1. The van der Waals surface area contributed by atoms with E-state index < -0.39 is 5.97 Å². The van der Waals surface area contributed by atoms with Crippen LogP contribution in [0.4, 0.5) is 5.82 Å². The molecule has 0 atom stereocenters. The molecule has 0 aliphatic heterocycles. The number of carboxylic acid groups (broad SMARTS) is 1. The molecule has 6 nitrogen and oxygen atoms in total. The molecule has 1 aromatic heterocycles. The SMILES string of the molecule is CC(=O)NCC=Cc1cc(C(=O)O)cnc1N. The fourth-order valence-electron chi connectivity index (χ4n) is 1.13. The van der Waals surface area contributed by atoms with Gasteiger partial charge in [-0.05, 0) is 6.07 Å². The number of nitrogens with two attached hydrogens (primary N) is 1. The number of anilines is 1. The van der Waals surface area contributed by atoms with Gasteiger partial charge in [-0.25, -0.2) is 9.78 Å². The highest BCUT2D eigenvalue weighted by atomic mass is 16.4. The Hall–Kier alpha value is -2.37. The number of carboxylic acids is 1. The predicted octanol–water partition coefficient (Wildman–Crippen LogP) is 0.511. The van der Waals surface area contributed by atoms with Crippen LogP contribution in [0.25, 0.3) is 6.08 Å². The second-order valence-electron chi connectivity index (χ2n) is 3.34. The standard InChI is InChI=1S/C11H13N3O3/c1-7(15)13-4-2-3-8-5-9(11(16)17)6-14-10(8)12/h2-3,5-6H,4H2,1H3,(H2,12,14)(H,13,15)(H,16,17). The van der Waals surface area contributed by atoms with Gasteiger partial charge in [0.2, 0.25) is 5.91 Å². The van der Waals surface area contributed by atoms with E-state index in [0.29, 0.717) is 12.1 Å². The molecule has 17 heavy (non-hydrogen) atoms. The summed E-state index contributed by atoms with van der Waals surface area (Å²) in [7, 11) is 0. The van der Waals surface area contributed by atoms with Gasteiger partial charge in [-0.2, -0.15) is 0 Å². The second-order valence-corrected chi connectivity index (χ2v) is 3.34. The Kier molecular flexibility index (Phi) is 4.21. The summed E-state index contributed by atoms with van der Waals surface area (Å²) in [5, 5.41) is 11.4. The number of nitrogen functional groups attached to an aromatic ring is 1. The van der Waals surface area contributed by atoms with Crippen molar-refractivity contribution < 1.29 is 14.7 Å². The van der Waals surface area contributed by atoms with Gasteiger partial charge < -0.3 is 16.2 Å². The zero-order valence-electron chi connectivity index (χ0n) is 9.30. The number of carbonyl (C=O) groups is 2. The van der Waals surface area contributed by atoms with Gasteiger partial charge in [0.05, 0.1) is 5.56 Å². The molecule has 90 valence electrons. The van der Waals surface area contributed by atoms with Crippen LogP contribution < -0.4 is 11.1 Å². The molecule has 4 N–H and O–H groups in total. The summed E-state index contributed by atoms with van der Waals surface area (Å²) in [6.07, 6.45) is 4.48. The Labute approximate surface area is 98.2 Å². The lowest BCUT2D eigenvalue weighted by Crippen LogP contribution is -2.19. The third kappa shape index (κ3) is 3.94. The van der Waals surface area contributed by atoms with Crippen molar-refractivity contribution in [3.05, 3.63) is 29.5 Å². The zero-order chi connectivity index (χ0) is 12.8. The Morgan fingerprint density at radius 3 is 2.88 bits per heavy atom. The Balaban J connectivity index is 2.79. The molecule has 0 bridgehead atoms. The lowest BCUT2D eigenvalue weighted by atomic mass is 10.2. The summed E-state index contributed by atoms with van der Waals surface area (Å²) in [5.41, 5.74) is 6.17. The number of aromatic nitrogens is 1. The molecule has 1 heterocycles. The van der Waals surface area contributed by atoms with Gasteiger partial charge in [0.15, 0.2) is 0 Å². The monoisotopic (exact) mass is 235 g/mol. The number of nitrogens with zero attached hydrogens (tertiary/aromatic N) is 1. The van der Waals surface area contributed by atoms with Crippen LogP contribution in [-0.2, 0) is 4.79 Å². The fourth-order valence-corrected chi connectivity index (χ4v) is 1.13. The van der Waals surface area contributed by atoms with E-state index in [2.05, 4.69) is 10.3 Å². The Morgan fingerprint density at radius 2 is 2.29 bits per heavy atom. The molecular weight excluding hydrogens is 222 g/mol. The van der Waals surface area contributed by atoms with Crippen molar-refractivity contribution in [2.24, 2.45) is 0 Å². The average Bonchev–Trinajstić information content (AvgIpc) is 2.25. The minimum absolute atomic E-state index is 0.0679. The molecule has 0 aliphatic carbocycles. The molecule has 6 heteroatoms. The van der Waals surface area contributed by atoms with Gasteiger partial charge in [-0.15, -0.1) is 0 Å². The van der Waals surface area contributed by atoms with Crippen LogP contribution in [0.15, 0.2) is 18.3 Å². The zero-order valence-corrected chi connectivity index (χ0v) is 9.30. The Morgan fingerprint density at radius 1 is 1.59 bits per heavy atom. The van der Waals surface area contributed by atoms with Gasteiger partial charge in [0.1, 0.15) is 5.82 Å². The van der Waals surface area contributed by atoms with Crippen molar-refractivity contribution in [2.45, 2.75) is 6.92 Å². The molecule has 0 fully saturated rings. The maximum absolute atomic E-state index is 10.7. The first-order valence-corrected chi connectivity index (χ1v) is 4.90. The number of aromatic carboxylic acids is 1. The van der Waals surface area contributed by atoms with Gasteiger partial charge in [0.25, 0.3) is 0 Å². The topological polar surface area (TPSA) is 105 Å². The first-order valence-electron chi connectivity index (χ1n) is 4.90. The number of carbonyl (C=O) groups excluding carboxylic acids is 1. The molecule has 0 radical (unpaired) electrons. The number of hydrogen-bond acceptors (Lipinski definition) is 4. The number of rotatable bonds is 4. The van der Waals surface area contributed by atoms with Crippen LogP contribution >= 0.6 is 0 Å². The van der Waals surface area contributed by atoms with E-state index in [0.717, 1.165) is 0 Å². The molecule has 0 saturated carbocycles. The number of amides is 1. The molecule has 1 rings (SSSR count). The average molecular weight is 235 g/mol. The summed E-state index contributed by atoms with van der Waals surface area (Å²) in [4.78, 5) is 25.1. The van der Waals surface area contributed by atoms with Crippen LogP contribution in [0, 0.1) is 0 Å². The smallest absolute Gasteiger partial charge is 0.337 e. The van der Waals surface area contributed by atoms with Gasteiger partial charge >= 0.3 is 5.97 Å². The van der Waals surface area contributed by atoms with Crippen molar-refractivity contribution in [3.63, 3.8) is 0 Å². The predicted molar refractivity (Wildman–Crippen MR) is 63.3 cm³/mol. The molecule has 0 aromatic carbocycles. The maximum Gasteiger partial charge on any atom is 0.337 e. The van der Waals surface area contributed by atoms with Crippen LogP contribution in [0.1, 0.15) is 22.8 Å². The largest absolute Gasteiger partial charge is 0.478 e. The molecule has 1 aromatic rings. The number of hydrogen-bond donors (Lipinski definition) is 3. The first-order chi connectivity index (χ1) is 8.00. The highest BCUT2D eigenvalue weighted by Gasteiger charge is 2.05. The van der Waals surface area contributed by atoms with E-state index in [4.69, 9.17) is 10.8 Å². The summed E-state index contributed by atoms with van der Waals surface area (Å²) in [5.74, 6) is -0.955. The van der Waals surface area contributed by atoms with Crippen LogP contribution in [0.2, 0.25) is 0 Å². The van der Waals surface area contributed by atoms with E-state index in [1.54, 1.807) is 12.2 Å². The van der Waals surface area contributed by atoms with Gasteiger partial charge in [0, 0.05) is 25.2 Å². The van der Waals surface area contributed by atoms with E-state index in [1.165, 1.54) is 19.2 Å². The summed E-state index contributed by atoms with van der Waals surface area (Å²) in [6.45, 7) is 1.76. The summed E-state index contributed by atoms with van der Waals surface area (Å²) < 4.78 is 0. The summed E-state index contributed by atoms with van der Waals surface area (Å²) in [6, 6.07) is 1.43. The molecule has 1 amide bonds. The van der Waals surface area contributed by atoms with E-state index in [9.17, 15) is 9.59 Å². The minimum Gasteiger partial charge on any atom is -0.478 e. The third-order valence-corrected chi connectivity index (χ3v) is 1.96. The number of pyridine rings is 1. The second kappa shape index (κ2) is 5.64. The Bertz CT molecular complexity index is 469. The maximum atomic E-state index is 10.7. The van der Waals surface area contributed by atoms with E-state index >= 15 is 0 Å². The van der Waals surface area contributed by atoms with Crippen LogP contribution in [0.5, 0.6) is 0 Å². The molecular formula is C11H13N3O3. The highest BCUT2D eigenvalue weighted by Crippen LogP contribution is 2.12. The molecule has 0 aliphatic rings. The third-order valence-electron chi connectivity index (χ3n) is 1.96. The van der Waals surface area contributed by atoms with E-state index in [-0.39, 0.29) is 17.3 Å². The fraction of sp³-hybridized carbons (Fsp3) is 0.182. The normalized spacial score (nSPS) is 10.4. The van der Waals surface area contributed by atoms with Crippen molar-refractivity contribution in [1.82, 2.24) is 10.3 Å². The van der Waals surface area contributed by atoms with Crippen LogP contribution in [-0.4, -0.2) is 28.5 Å². The van der Waals surface area contributed by atoms with E-state index in [1.807, 2.05) is 0 Å². The molecule has 0 unspecified atom stereocenters. The van der Waals surface area contributed by atoms with Crippen molar-refractivity contribution >= 4 is 23.8 Å². The molecule has 0 spiro atoms. The first kappa shape index (κ1) is 12.7. The van der Waals surface area contributed by atoms with Gasteiger partial charge in [-0.3, -0.25) is 4.79 Å². The van der Waals surface area contributed by atoms with Gasteiger partial charge in [-0.1, -0.05) is 12.2 Å². The minimum atomic E-state index is -1.06. The quantitative estimate of drug-likeness (QED) is 0.705. The van der Waals surface area contributed by atoms with Crippen LogP contribution in [0.3, 0.4) is 0 Å². The molecule has 0 saturated heterocycles. The van der Waals surface area contributed by atoms with Crippen molar-refractivity contribution in [3.8, 4) is 0 Å². The highest BCUT2D eigenvalue weighted by molar-refractivity contribution is 5.88. The van der Waals surface area contributed by atoms with Crippen molar-refractivity contribution in [2.75, 3.05) is 12.3 Å². The lowest BCUT2D eigenvalue weighted by Gasteiger charge is -2.01. The summed E-state index contributed by atoms with van der Waals surface area (Å²) >= 11 is 0. The van der Waals surface area contributed by atoms with Crippen molar-refractivity contribution in [1.29, 1.82) is 0 Å².